The fourth-order valence-electron chi connectivity index (χ4n) is 2.63. The first kappa shape index (κ1) is 14.7. The number of aryl methyl sites for hydroxylation is 2. The van der Waals surface area contributed by atoms with Gasteiger partial charge in [0.1, 0.15) is 5.82 Å². The van der Waals surface area contributed by atoms with Gasteiger partial charge in [0.2, 0.25) is 0 Å². The molecule has 2 rings (SSSR count). The van der Waals surface area contributed by atoms with Crippen LogP contribution in [0.2, 0.25) is 0 Å². The lowest BCUT2D eigenvalue weighted by atomic mass is 9.92. The molecule has 0 saturated heterocycles. The van der Waals surface area contributed by atoms with Gasteiger partial charge in [0.15, 0.2) is 0 Å². The summed E-state index contributed by atoms with van der Waals surface area (Å²) in [5.74, 6) is -0.173. The normalized spacial score (nSPS) is 12.4. The Balaban J connectivity index is 2.53. The highest BCUT2D eigenvalue weighted by Gasteiger charge is 2.16. The molecule has 1 unspecified atom stereocenters. The van der Waals surface area contributed by atoms with Crippen LogP contribution in [0.5, 0.6) is 0 Å². The van der Waals surface area contributed by atoms with Crippen molar-refractivity contribution >= 4 is 0 Å². The van der Waals surface area contributed by atoms with Gasteiger partial charge in [-0.1, -0.05) is 31.2 Å². The number of rotatable bonds is 4. The van der Waals surface area contributed by atoms with Crippen molar-refractivity contribution in [3.8, 4) is 0 Å². The monoisotopic (exact) mass is 271 g/mol. The van der Waals surface area contributed by atoms with Crippen molar-refractivity contribution in [3.63, 3.8) is 0 Å². The van der Waals surface area contributed by atoms with E-state index in [1.54, 1.807) is 12.1 Å². The topological polar surface area (TPSA) is 12.0 Å². The van der Waals surface area contributed by atoms with Gasteiger partial charge in [0, 0.05) is 0 Å². The molecule has 1 atom stereocenters. The second kappa shape index (κ2) is 6.19. The highest BCUT2D eigenvalue weighted by atomic mass is 19.1. The lowest BCUT2D eigenvalue weighted by Gasteiger charge is -2.22. The van der Waals surface area contributed by atoms with E-state index >= 15 is 0 Å². The standard InChI is InChI=1S/C18H22FN/c1-5-20-18(15-9-12(2)10-16(19)11-15)17-8-6-7-13(3)14(17)4/h6-11,18,20H,5H2,1-4H3. The minimum absolute atomic E-state index is 0.0364. The third-order valence-corrected chi connectivity index (χ3v) is 3.76. The van der Waals surface area contributed by atoms with Crippen molar-refractivity contribution < 1.29 is 4.39 Å². The van der Waals surface area contributed by atoms with E-state index in [0.29, 0.717) is 0 Å². The first-order valence-corrected chi connectivity index (χ1v) is 7.09. The molecular weight excluding hydrogens is 249 g/mol. The third-order valence-electron chi connectivity index (χ3n) is 3.76. The van der Waals surface area contributed by atoms with E-state index in [1.807, 2.05) is 6.92 Å². The van der Waals surface area contributed by atoms with Crippen molar-refractivity contribution in [3.05, 3.63) is 70.0 Å². The molecule has 1 nitrogen and oxygen atoms in total. The van der Waals surface area contributed by atoms with E-state index in [4.69, 9.17) is 0 Å². The quantitative estimate of drug-likeness (QED) is 0.866. The highest BCUT2D eigenvalue weighted by molar-refractivity contribution is 5.41. The van der Waals surface area contributed by atoms with Gasteiger partial charge in [-0.3, -0.25) is 0 Å². The van der Waals surface area contributed by atoms with E-state index in [-0.39, 0.29) is 11.9 Å². The zero-order valence-corrected chi connectivity index (χ0v) is 12.6. The molecule has 0 aliphatic carbocycles. The molecule has 0 aliphatic rings. The first-order valence-electron chi connectivity index (χ1n) is 7.09. The van der Waals surface area contributed by atoms with E-state index in [1.165, 1.54) is 16.7 Å². The Morgan fingerprint density at radius 1 is 1.10 bits per heavy atom. The van der Waals surface area contributed by atoms with E-state index < -0.39 is 0 Å². The zero-order chi connectivity index (χ0) is 14.7. The number of nitrogens with one attached hydrogen (secondary N) is 1. The van der Waals surface area contributed by atoms with Gasteiger partial charge in [-0.15, -0.1) is 0 Å². The predicted octanol–water partition coefficient (Wildman–Crippen LogP) is 4.45. The second-order valence-corrected chi connectivity index (χ2v) is 5.34. The molecule has 0 saturated carbocycles. The SMILES string of the molecule is CCNC(c1cc(C)cc(F)c1)c1cccc(C)c1C. The molecular formula is C18H22FN. The lowest BCUT2D eigenvalue weighted by molar-refractivity contribution is 0.600. The molecule has 2 aromatic rings. The largest absolute Gasteiger partial charge is 0.307 e. The van der Waals surface area contributed by atoms with Gasteiger partial charge in [0.25, 0.3) is 0 Å². The third kappa shape index (κ3) is 3.07. The molecule has 2 aromatic carbocycles. The molecule has 0 radical (unpaired) electrons. The smallest absolute Gasteiger partial charge is 0.123 e. The molecule has 0 spiro atoms. The Morgan fingerprint density at radius 3 is 2.50 bits per heavy atom. The van der Waals surface area contributed by atoms with Gasteiger partial charge >= 0.3 is 0 Å². The van der Waals surface area contributed by atoms with Crippen LogP contribution in [0.15, 0.2) is 36.4 Å². The van der Waals surface area contributed by atoms with Crippen LogP contribution in [0, 0.1) is 26.6 Å². The number of benzene rings is 2. The molecule has 20 heavy (non-hydrogen) atoms. The van der Waals surface area contributed by atoms with Crippen LogP contribution in [0.4, 0.5) is 4.39 Å². The number of hydrogen-bond donors (Lipinski definition) is 1. The molecule has 0 heterocycles. The van der Waals surface area contributed by atoms with Crippen LogP contribution in [-0.2, 0) is 0 Å². The summed E-state index contributed by atoms with van der Waals surface area (Å²) in [5, 5.41) is 3.47. The van der Waals surface area contributed by atoms with Crippen molar-refractivity contribution in [1.29, 1.82) is 0 Å². The van der Waals surface area contributed by atoms with Crippen LogP contribution < -0.4 is 5.32 Å². The summed E-state index contributed by atoms with van der Waals surface area (Å²) in [6.45, 7) is 9.08. The molecule has 1 N–H and O–H groups in total. The van der Waals surface area contributed by atoms with Crippen LogP contribution in [0.1, 0.15) is 40.8 Å². The van der Waals surface area contributed by atoms with Gasteiger partial charge in [0.05, 0.1) is 6.04 Å². The summed E-state index contributed by atoms with van der Waals surface area (Å²) < 4.78 is 13.7. The van der Waals surface area contributed by atoms with Crippen LogP contribution in [-0.4, -0.2) is 6.54 Å². The summed E-state index contributed by atoms with van der Waals surface area (Å²) in [5.41, 5.74) is 5.68. The van der Waals surface area contributed by atoms with E-state index in [9.17, 15) is 4.39 Å². The Bertz CT molecular complexity index is 584. The van der Waals surface area contributed by atoms with Crippen molar-refractivity contribution in [2.24, 2.45) is 0 Å². The van der Waals surface area contributed by atoms with E-state index in [0.717, 1.165) is 17.7 Å². The fourth-order valence-corrected chi connectivity index (χ4v) is 2.63. The number of hydrogen-bond acceptors (Lipinski definition) is 1. The Kier molecular flexibility index (Phi) is 4.56. The van der Waals surface area contributed by atoms with Crippen LogP contribution in [0.25, 0.3) is 0 Å². The van der Waals surface area contributed by atoms with Crippen molar-refractivity contribution in [2.75, 3.05) is 6.54 Å². The first-order chi connectivity index (χ1) is 9.52. The summed E-state index contributed by atoms with van der Waals surface area (Å²) in [6.07, 6.45) is 0. The van der Waals surface area contributed by atoms with Gasteiger partial charge in [-0.25, -0.2) is 4.39 Å². The van der Waals surface area contributed by atoms with E-state index in [2.05, 4.69) is 50.4 Å². The van der Waals surface area contributed by atoms with Crippen LogP contribution >= 0.6 is 0 Å². The van der Waals surface area contributed by atoms with Crippen molar-refractivity contribution in [1.82, 2.24) is 5.32 Å². The zero-order valence-electron chi connectivity index (χ0n) is 12.6. The Hall–Kier alpha value is -1.67. The molecule has 0 aromatic heterocycles. The maximum atomic E-state index is 13.7. The summed E-state index contributed by atoms with van der Waals surface area (Å²) >= 11 is 0. The average molecular weight is 271 g/mol. The fraction of sp³-hybridized carbons (Fsp3) is 0.333. The molecule has 2 heteroatoms. The van der Waals surface area contributed by atoms with Gasteiger partial charge in [-0.2, -0.15) is 0 Å². The predicted molar refractivity (Wildman–Crippen MR) is 82.6 cm³/mol. The van der Waals surface area contributed by atoms with Crippen LogP contribution in [0.3, 0.4) is 0 Å². The molecule has 0 amide bonds. The lowest BCUT2D eigenvalue weighted by Crippen LogP contribution is -2.23. The summed E-state index contributed by atoms with van der Waals surface area (Å²) in [4.78, 5) is 0. The summed E-state index contributed by atoms with van der Waals surface area (Å²) in [7, 11) is 0. The molecule has 0 fully saturated rings. The molecule has 0 aliphatic heterocycles. The summed E-state index contributed by atoms with van der Waals surface area (Å²) in [6, 6.07) is 11.6. The maximum Gasteiger partial charge on any atom is 0.123 e. The minimum Gasteiger partial charge on any atom is -0.307 e. The Morgan fingerprint density at radius 2 is 1.85 bits per heavy atom. The molecule has 106 valence electrons. The minimum atomic E-state index is -0.173. The highest BCUT2D eigenvalue weighted by Crippen LogP contribution is 2.27. The van der Waals surface area contributed by atoms with Crippen molar-refractivity contribution in [2.45, 2.75) is 33.7 Å². The van der Waals surface area contributed by atoms with Gasteiger partial charge in [-0.05, 0) is 67.3 Å². The average Bonchev–Trinajstić information content (AvgIpc) is 2.38. The number of halogens is 1. The maximum absolute atomic E-state index is 13.7. The van der Waals surface area contributed by atoms with Gasteiger partial charge < -0.3 is 5.32 Å². The molecule has 0 bridgehead atoms. The second-order valence-electron chi connectivity index (χ2n) is 5.34. The Labute approximate surface area is 120 Å².